The maximum atomic E-state index is 15.1. The van der Waals surface area contributed by atoms with Crippen LogP contribution in [0.1, 0.15) is 45.5 Å². The van der Waals surface area contributed by atoms with E-state index in [0.717, 1.165) is 0 Å². The summed E-state index contributed by atoms with van der Waals surface area (Å²) in [7, 11) is 0. The third kappa shape index (κ3) is 5.79. The highest BCUT2D eigenvalue weighted by atomic mass is 19.1. The molecule has 3 aromatic carbocycles. The van der Waals surface area contributed by atoms with Crippen molar-refractivity contribution in [3.05, 3.63) is 94.0 Å². The van der Waals surface area contributed by atoms with Gasteiger partial charge in [-0.3, -0.25) is 24.6 Å². The number of imide groups is 1. The first-order valence-electron chi connectivity index (χ1n) is 14.1. The van der Waals surface area contributed by atoms with Gasteiger partial charge in [0, 0.05) is 55.8 Å². The number of halogens is 2. The average Bonchev–Trinajstić information content (AvgIpc) is 3.34. The first-order chi connectivity index (χ1) is 20.8. The first kappa shape index (κ1) is 28.3. The SMILES string of the molecule is N#Cc1ccc(N2CCN(Cc3ccc(COc4cccc5c4CN([C@H]4CCC(=O)NC4=O)C5=O)cc3F)CC2)c(F)c1. The quantitative estimate of drug-likeness (QED) is 0.423. The third-order valence-corrected chi connectivity index (χ3v) is 8.23. The van der Waals surface area contributed by atoms with Gasteiger partial charge in [0.05, 0.1) is 23.9 Å². The molecule has 2 saturated heterocycles. The van der Waals surface area contributed by atoms with Crippen LogP contribution in [-0.2, 0) is 29.3 Å². The van der Waals surface area contributed by atoms with Gasteiger partial charge >= 0.3 is 0 Å². The lowest BCUT2D eigenvalue weighted by atomic mass is 10.0. The average molecular weight is 586 g/mol. The second-order valence-corrected chi connectivity index (χ2v) is 10.9. The lowest BCUT2D eigenvalue weighted by molar-refractivity contribution is -0.136. The van der Waals surface area contributed by atoms with E-state index >= 15 is 4.39 Å². The van der Waals surface area contributed by atoms with Crippen LogP contribution in [0.25, 0.3) is 0 Å². The summed E-state index contributed by atoms with van der Waals surface area (Å²) in [5.41, 5.74) is 3.04. The molecule has 2 fully saturated rings. The molecule has 3 aliphatic rings. The van der Waals surface area contributed by atoms with Crippen LogP contribution in [0.15, 0.2) is 54.6 Å². The number of nitrogens with zero attached hydrogens (tertiary/aromatic N) is 4. The number of hydrogen-bond acceptors (Lipinski definition) is 7. The van der Waals surface area contributed by atoms with Crippen molar-refractivity contribution in [1.82, 2.24) is 15.1 Å². The molecule has 220 valence electrons. The second kappa shape index (κ2) is 11.8. The Labute approximate surface area is 247 Å². The van der Waals surface area contributed by atoms with Crippen molar-refractivity contribution in [3.63, 3.8) is 0 Å². The number of piperidine rings is 1. The van der Waals surface area contributed by atoms with Crippen LogP contribution in [0, 0.1) is 23.0 Å². The maximum absolute atomic E-state index is 15.1. The molecule has 3 aliphatic heterocycles. The maximum Gasteiger partial charge on any atom is 0.255 e. The third-order valence-electron chi connectivity index (χ3n) is 8.23. The highest BCUT2D eigenvalue weighted by molar-refractivity contribution is 6.05. The smallest absolute Gasteiger partial charge is 0.255 e. The van der Waals surface area contributed by atoms with Gasteiger partial charge in [-0.05, 0) is 48.4 Å². The predicted octanol–water partition coefficient (Wildman–Crippen LogP) is 3.50. The number of benzene rings is 3. The zero-order chi connectivity index (χ0) is 30.1. The summed E-state index contributed by atoms with van der Waals surface area (Å²) in [6, 6.07) is 15.8. The van der Waals surface area contributed by atoms with Crippen molar-refractivity contribution in [2.24, 2.45) is 0 Å². The fraction of sp³-hybridized carbons (Fsp3) is 0.312. The Morgan fingerprint density at radius 3 is 2.51 bits per heavy atom. The molecule has 6 rings (SSSR count). The Hall–Kier alpha value is -4.82. The summed E-state index contributed by atoms with van der Waals surface area (Å²) < 4.78 is 35.6. The predicted molar refractivity (Wildman–Crippen MR) is 152 cm³/mol. The number of carbonyl (C=O) groups excluding carboxylic acids is 3. The summed E-state index contributed by atoms with van der Waals surface area (Å²) in [5, 5.41) is 11.3. The summed E-state index contributed by atoms with van der Waals surface area (Å²) in [6.45, 7) is 3.14. The molecule has 9 nitrogen and oxygen atoms in total. The van der Waals surface area contributed by atoms with Gasteiger partial charge in [0.25, 0.3) is 5.91 Å². The normalized spacial score (nSPS) is 18.8. The highest BCUT2D eigenvalue weighted by Crippen LogP contribution is 2.34. The Morgan fingerprint density at radius 2 is 1.79 bits per heavy atom. The van der Waals surface area contributed by atoms with Crippen molar-refractivity contribution in [2.75, 3.05) is 31.1 Å². The number of fused-ring (bicyclic) bond motifs is 1. The molecule has 3 heterocycles. The van der Waals surface area contributed by atoms with E-state index in [1.807, 2.05) is 17.0 Å². The Morgan fingerprint density at radius 1 is 0.977 bits per heavy atom. The van der Waals surface area contributed by atoms with Crippen molar-refractivity contribution < 1.29 is 27.9 Å². The van der Waals surface area contributed by atoms with Crippen molar-refractivity contribution in [3.8, 4) is 11.8 Å². The lowest BCUT2D eigenvalue weighted by Crippen LogP contribution is -2.52. The van der Waals surface area contributed by atoms with E-state index in [-0.39, 0.29) is 49.2 Å². The molecule has 3 aromatic rings. The number of amides is 3. The summed E-state index contributed by atoms with van der Waals surface area (Å²) in [4.78, 5) is 42.5. The van der Waals surface area contributed by atoms with Crippen LogP contribution in [-0.4, -0.2) is 59.7 Å². The number of rotatable bonds is 7. The molecule has 1 atom stereocenters. The molecule has 1 N–H and O–H groups in total. The summed E-state index contributed by atoms with van der Waals surface area (Å²) in [6.07, 6.45) is 0.452. The monoisotopic (exact) mass is 585 g/mol. The minimum atomic E-state index is -0.716. The van der Waals surface area contributed by atoms with Crippen LogP contribution in [0.5, 0.6) is 5.75 Å². The summed E-state index contributed by atoms with van der Waals surface area (Å²) in [5.74, 6) is -1.38. The van der Waals surface area contributed by atoms with Gasteiger partial charge in [-0.1, -0.05) is 18.2 Å². The number of ether oxygens (including phenoxy) is 1. The van der Waals surface area contributed by atoms with E-state index in [2.05, 4.69) is 10.2 Å². The lowest BCUT2D eigenvalue weighted by Gasteiger charge is -2.36. The van der Waals surface area contributed by atoms with Gasteiger partial charge < -0.3 is 14.5 Å². The van der Waals surface area contributed by atoms with E-state index in [4.69, 9.17) is 10.00 Å². The largest absolute Gasteiger partial charge is 0.489 e. The van der Waals surface area contributed by atoms with Gasteiger partial charge in [-0.25, -0.2) is 8.78 Å². The van der Waals surface area contributed by atoms with E-state index in [1.165, 1.54) is 17.0 Å². The van der Waals surface area contributed by atoms with Gasteiger partial charge in [-0.2, -0.15) is 5.26 Å². The van der Waals surface area contributed by atoms with Crippen LogP contribution >= 0.6 is 0 Å². The molecule has 0 aliphatic carbocycles. The zero-order valence-corrected chi connectivity index (χ0v) is 23.3. The van der Waals surface area contributed by atoms with Crippen molar-refractivity contribution in [1.29, 1.82) is 5.26 Å². The number of piperazine rings is 1. The van der Waals surface area contributed by atoms with Crippen LogP contribution in [0.4, 0.5) is 14.5 Å². The Balaban J connectivity index is 1.05. The van der Waals surface area contributed by atoms with E-state index in [0.29, 0.717) is 66.4 Å². The molecule has 0 spiro atoms. The van der Waals surface area contributed by atoms with Gasteiger partial charge in [0.1, 0.15) is 30.0 Å². The fourth-order valence-corrected chi connectivity index (χ4v) is 5.88. The number of nitrogens with one attached hydrogen (secondary N) is 1. The topological polar surface area (TPSA) is 106 Å². The van der Waals surface area contributed by atoms with Crippen LogP contribution < -0.4 is 15.0 Å². The Kier molecular flexibility index (Phi) is 7.78. The molecule has 43 heavy (non-hydrogen) atoms. The van der Waals surface area contributed by atoms with E-state index in [1.54, 1.807) is 36.4 Å². The zero-order valence-electron chi connectivity index (χ0n) is 23.3. The minimum Gasteiger partial charge on any atom is -0.489 e. The molecule has 0 saturated carbocycles. The van der Waals surface area contributed by atoms with Crippen molar-refractivity contribution in [2.45, 2.75) is 38.6 Å². The fourth-order valence-electron chi connectivity index (χ4n) is 5.88. The van der Waals surface area contributed by atoms with Gasteiger partial charge in [0.15, 0.2) is 0 Å². The van der Waals surface area contributed by atoms with Crippen molar-refractivity contribution >= 4 is 23.4 Å². The number of anilines is 1. The highest BCUT2D eigenvalue weighted by Gasteiger charge is 2.40. The Bertz CT molecular complexity index is 1650. The van der Waals surface area contributed by atoms with Crippen LogP contribution in [0.3, 0.4) is 0 Å². The van der Waals surface area contributed by atoms with E-state index in [9.17, 15) is 18.8 Å². The van der Waals surface area contributed by atoms with Gasteiger partial charge in [0.2, 0.25) is 11.8 Å². The number of hydrogen-bond donors (Lipinski definition) is 1. The molecule has 0 aromatic heterocycles. The first-order valence-corrected chi connectivity index (χ1v) is 14.1. The van der Waals surface area contributed by atoms with Gasteiger partial charge in [-0.15, -0.1) is 0 Å². The molecule has 11 heteroatoms. The molecular weight excluding hydrogens is 556 g/mol. The molecule has 0 unspecified atom stereocenters. The number of carbonyl (C=O) groups is 3. The van der Waals surface area contributed by atoms with Crippen LogP contribution in [0.2, 0.25) is 0 Å². The molecule has 3 amide bonds. The molecule has 0 radical (unpaired) electrons. The standard InChI is InChI=1S/C32H29F2N5O4/c33-25-15-21(4-6-22(25)17-37-10-12-38(13-11-37)27-7-5-20(16-35)14-26(27)34)19-43-29-3-1-2-23-24(29)18-39(32(23)42)28-8-9-30(40)36-31(28)41/h1-7,14-15,28H,8-13,17-19H2,(H,36,40,41)/t28-/m0/s1. The second-order valence-electron chi connectivity index (χ2n) is 10.9. The number of nitriles is 1. The molecular formula is C32H29F2N5O4. The summed E-state index contributed by atoms with van der Waals surface area (Å²) >= 11 is 0. The minimum absolute atomic E-state index is 0.0924. The molecule has 0 bridgehead atoms. The van der Waals surface area contributed by atoms with E-state index < -0.39 is 17.8 Å².